The molecule has 1 heterocycles. The average molecular weight is 405 g/mol. The summed E-state index contributed by atoms with van der Waals surface area (Å²) in [5.74, 6) is -1.25. The van der Waals surface area contributed by atoms with Crippen LogP contribution >= 0.6 is 27.5 Å². The van der Waals surface area contributed by atoms with Crippen LogP contribution in [0.25, 0.3) is 0 Å². The Morgan fingerprint density at radius 3 is 2.57 bits per heavy atom. The first kappa shape index (κ1) is 18.0. The molecule has 23 heavy (non-hydrogen) atoms. The second kappa shape index (κ2) is 7.03. The molecule has 1 unspecified atom stereocenters. The minimum absolute atomic E-state index is 0.0343. The number of hydrogen-bond donors (Lipinski definition) is 1. The zero-order valence-corrected chi connectivity index (χ0v) is 15.2. The molecule has 1 aromatic heterocycles. The molecule has 1 N–H and O–H groups in total. The van der Waals surface area contributed by atoms with Crippen molar-refractivity contribution in [2.45, 2.75) is 26.0 Å². The lowest BCUT2D eigenvalue weighted by molar-refractivity contribution is 0.0594. The van der Waals surface area contributed by atoms with E-state index < -0.39 is 17.9 Å². The van der Waals surface area contributed by atoms with Gasteiger partial charge in [0.1, 0.15) is 11.9 Å². The van der Waals surface area contributed by atoms with Crippen molar-refractivity contribution in [3.8, 4) is 0 Å². The number of aliphatic hydroxyl groups excluding tert-OH is 1. The van der Waals surface area contributed by atoms with Crippen molar-refractivity contribution in [1.29, 1.82) is 0 Å². The van der Waals surface area contributed by atoms with Crippen molar-refractivity contribution >= 4 is 33.5 Å². The summed E-state index contributed by atoms with van der Waals surface area (Å²) in [5, 5.41) is 10.9. The Balaban J connectivity index is 2.66. The highest BCUT2D eigenvalue weighted by molar-refractivity contribution is 9.10. The summed E-state index contributed by atoms with van der Waals surface area (Å²) in [6.07, 6.45) is -1.34. The van der Waals surface area contributed by atoms with Gasteiger partial charge in [0.05, 0.1) is 23.0 Å². The highest BCUT2D eigenvalue weighted by atomic mass is 79.9. The molecular weight excluding hydrogens is 389 g/mol. The minimum atomic E-state index is -1.34. The van der Waals surface area contributed by atoms with E-state index in [0.717, 1.165) is 6.07 Å². The molecule has 0 bridgehead atoms. The number of nitrogens with zero attached hydrogens (tertiary/aromatic N) is 1. The molecule has 0 spiro atoms. The molecule has 0 aliphatic carbocycles. The molecular formula is C16H16BrClFNO3. The predicted octanol–water partition coefficient (Wildman–Crippen LogP) is 4.49. The van der Waals surface area contributed by atoms with Gasteiger partial charge >= 0.3 is 5.97 Å². The fourth-order valence-electron chi connectivity index (χ4n) is 2.46. The Kier molecular flexibility index (Phi) is 5.49. The molecule has 0 aliphatic heterocycles. The highest BCUT2D eigenvalue weighted by Crippen LogP contribution is 2.35. The van der Waals surface area contributed by atoms with Gasteiger partial charge in [0, 0.05) is 16.6 Å². The Morgan fingerprint density at radius 1 is 1.39 bits per heavy atom. The summed E-state index contributed by atoms with van der Waals surface area (Å²) in [7, 11) is 1.25. The maximum Gasteiger partial charge on any atom is 0.339 e. The van der Waals surface area contributed by atoms with Crippen molar-refractivity contribution in [3.63, 3.8) is 0 Å². The average Bonchev–Trinajstić information content (AvgIpc) is 2.83. The Bertz CT molecular complexity index is 745. The van der Waals surface area contributed by atoms with Crippen molar-refractivity contribution < 1.29 is 19.0 Å². The fourth-order valence-corrected chi connectivity index (χ4v) is 3.44. The Labute approximate surface area is 147 Å². The van der Waals surface area contributed by atoms with Crippen LogP contribution in [0.2, 0.25) is 5.02 Å². The van der Waals surface area contributed by atoms with Crippen LogP contribution in [0.15, 0.2) is 28.9 Å². The lowest BCUT2D eigenvalue weighted by Crippen LogP contribution is -2.16. The number of aliphatic hydroxyl groups is 1. The van der Waals surface area contributed by atoms with E-state index in [1.54, 1.807) is 10.6 Å². The van der Waals surface area contributed by atoms with Crippen molar-refractivity contribution in [3.05, 3.63) is 56.5 Å². The quantitative estimate of drug-likeness (QED) is 0.764. The first-order valence-corrected chi connectivity index (χ1v) is 8.07. The summed E-state index contributed by atoms with van der Waals surface area (Å²) in [4.78, 5) is 12.0. The van der Waals surface area contributed by atoms with Crippen LogP contribution in [0.3, 0.4) is 0 Å². The van der Waals surface area contributed by atoms with E-state index in [1.807, 2.05) is 13.8 Å². The van der Waals surface area contributed by atoms with Gasteiger partial charge in [-0.1, -0.05) is 17.7 Å². The summed E-state index contributed by atoms with van der Waals surface area (Å²) in [5.41, 5.74) is 0.474. The van der Waals surface area contributed by atoms with Crippen molar-refractivity contribution in [1.82, 2.24) is 4.57 Å². The second-order valence-electron chi connectivity index (χ2n) is 5.29. The molecule has 124 valence electrons. The number of ether oxygens (including phenoxy) is 1. The zero-order valence-electron chi connectivity index (χ0n) is 12.8. The zero-order chi connectivity index (χ0) is 17.3. The van der Waals surface area contributed by atoms with Gasteiger partial charge in [0.15, 0.2) is 0 Å². The maximum absolute atomic E-state index is 14.2. The van der Waals surface area contributed by atoms with Crippen LogP contribution < -0.4 is 0 Å². The molecule has 0 saturated carbocycles. The number of carbonyl (C=O) groups is 1. The number of halogens is 3. The molecule has 0 amide bonds. The molecule has 1 atom stereocenters. The number of rotatable bonds is 4. The number of esters is 1. The summed E-state index contributed by atoms with van der Waals surface area (Å²) >= 11 is 9.12. The number of carbonyl (C=O) groups excluding carboxylic acids is 1. The van der Waals surface area contributed by atoms with E-state index in [-0.39, 0.29) is 27.9 Å². The third-order valence-electron chi connectivity index (χ3n) is 3.47. The summed E-state index contributed by atoms with van der Waals surface area (Å²) < 4.78 is 21.2. The third-order valence-corrected chi connectivity index (χ3v) is 4.31. The van der Waals surface area contributed by atoms with Gasteiger partial charge in [-0.3, -0.25) is 0 Å². The summed E-state index contributed by atoms with van der Waals surface area (Å²) in [6.45, 7) is 3.78. The lowest BCUT2D eigenvalue weighted by Gasteiger charge is -2.20. The topological polar surface area (TPSA) is 51.5 Å². The molecule has 1 aromatic carbocycles. The highest BCUT2D eigenvalue weighted by Gasteiger charge is 2.29. The third kappa shape index (κ3) is 3.44. The summed E-state index contributed by atoms with van der Waals surface area (Å²) in [6, 6.07) is 5.49. The van der Waals surface area contributed by atoms with E-state index in [2.05, 4.69) is 15.9 Å². The molecule has 2 rings (SSSR count). The van der Waals surface area contributed by atoms with Gasteiger partial charge in [0.2, 0.25) is 0 Å². The smallest absolute Gasteiger partial charge is 0.339 e. The van der Waals surface area contributed by atoms with Crippen LogP contribution in [-0.2, 0) is 4.74 Å². The van der Waals surface area contributed by atoms with Gasteiger partial charge < -0.3 is 14.4 Å². The van der Waals surface area contributed by atoms with Gasteiger partial charge in [-0.05, 0) is 48.0 Å². The van der Waals surface area contributed by atoms with Crippen LogP contribution in [-0.4, -0.2) is 22.8 Å². The fraction of sp³-hybridized carbons (Fsp3) is 0.312. The molecule has 0 fully saturated rings. The van der Waals surface area contributed by atoms with Crippen LogP contribution in [0.1, 0.15) is 47.6 Å². The van der Waals surface area contributed by atoms with E-state index >= 15 is 0 Å². The molecule has 4 nitrogen and oxygen atoms in total. The number of hydrogen-bond acceptors (Lipinski definition) is 3. The number of methoxy groups -OCH3 is 1. The molecule has 2 aromatic rings. The first-order valence-electron chi connectivity index (χ1n) is 6.89. The standard InChI is InChI=1S/C16H16BrClFNO3/c1-8(2)20-13(17)7-11(16(22)23-3)14(20)15(21)10-5-4-9(18)6-12(10)19/h4-8,15,21H,1-3H3. The minimum Gasteiger partial charge on any atom is -0.465 e. The SMILES string of the molecule is COC(=O)c1cc(Br)n(C(C)C)c1C(O)c1ccc(Cl)cc1F. The normalized spacial score (nSPS) is 12.5. The van der Waals surface area contributed by atoms with Crippen LogP contribution in [0.5, 0.6) is 0 Å². The van der Waals surface area contributed by atoms with E-state index in [1.165, 1.54) is 19.2 Å². The Hall–Kier alpha value is -1.37. The largest absolute Gasteiger partial charge is 0.465 e. The number of benzene rings is 1. The van der Waals surface area contributed by atoms with Gasteiger partial charge in [-0.25, -0.2) is 9.18 Å². The molecule has 0 radical (unpaired) electrons. The monoisotopic (exact) mass is 403 g/mol. The lowest BCUT2D eigenvalue weighted by atomic mass is 10.0. The van der Waals surface area contributed by atoms with E-state index in [0.29, 0.717) is 4.60 Å². The molecule has 0 aliphatic rings. The first-order chi connectivity index (χ1) is 10.8. The van der Waals surface area contributed by atoms with Crippen LogP contribution in [0.4, 0.5) is 4.39 Å². The Morgan fingerprint density at radius 2 is 2.04 bits per heavy atom. The van der Waals surface area contributed by atoms with Gasteiger partial charge in [0.25, 0.3) is 0 Å². The molecule has 0 saturated heterocycles. The van der Waals surface area contributed by atoms with Crippen molar-refractivity contribution in [2.24, 2.45) is 0 Å². The maximum atomic E-state index is 14.2. The van der Waals surface area contributed by atoms with Gasteiger partial charge in [-0.2, -0.15) is 0 Å². The van der Waals surface area contributed by atoms with E-state index in [9.17, 15) is 14.3 Å². The van der Waals surface area contributed by atoms with Crippen molar-refractivity contribution in [2.75, 3.05) is 7.11 Å². The van der Waals surface area contributed by atoms with E-state index in [4.69, 9.17) is 16.3 Å². The second-order valence-corrected chi connectivity index (χ2v) is 6.54. The van der Waals surface area contributed by atoms with Gasteiger partial charge in [-0.15, -0.1) is 0 Å². The number of aromatic nitrogens is 1. The van der Waals surface area contributed by atoms with Crippen LogP contribution in [0, 0.1) is 5.82 Å². The predicted molar refractivity (Wildman–Crippen MR) is 89.3 cm³/mol. The molecule has 7 heteroatoms.